The third-order valence-corrected chi connectivity index (χ3v) is 6.44. The number of hydrogen-bond donors (Lipinski definition) is 0. The Morgan fingerprint density at radius 3 is 2.61 bits per heavy atom. The van der Waals surface area contributed by atoms with E-state index in [0.29, 0.717) is 57.0 Å². The summed E-state index contributed by atoms with van der Waals surface area (Å²) in [5.41, 5.74) is 1.22. The second kappa shape index (κ2) is 7.16. The van der Waals surface area contributed by atoms with Crippen molar-refractivity contribution >= 4 is 43.1 Å². The normalized spacial score (nSPS) is 12.4. The van der Waals surface area contributed by atoms with E-state index in [1.54, 1.807) is 25.5 Å². The number of aromatic nitrogens is 7. The number of halogens is 3. The Kier molecular flexibility index (Phi) is 4.60. The van der Waals surface area contributed by atoms with Crippen molar-refractivity contribution in [2.24, 2.45) is 0 Å². The molecule has 0 aromatic carbocycles. The van der Waals surface area contributed by atoms with E-state index in [9.17, 15) is 23.3 Å². The van der Waals surface area contributed by atoms with E-state index in [4.69, 9.17) is 0 Å². The van der Waals surface area contributed by atoms with Gasteiger partial charge in [-0.3, -0.25) is 14.8 Å². The lowest BCUT2D eigenvalue weighted by molar-refractivity contribution is -0.386. The number of thiophene rings is 1. The fourth-order valence-corrected chi connectivity index (χ4v) is 5.06. The molecule has 0 saturated carbocycles. The summed E-state index contributed by atoms with van der Waals surface area (Å²) in [6.45, 7) is 5.13. The molecule has 0 radical (unpaired) electrons. The first-order valence-corrected chi connectivity index (χ1v) is 10.6. The summed E-state index contributed by atoms with van der Waals surface area (Å²) < 4.78 is 43.2. The Morgan fingerprint density at radius 1 is 1.18 bits per heavy atom. The minimum absolute atomic E-state index is 0.0183. The van der Waals surface area contributed by atoms with Crippen LogP contribution in [0, 0.1) is 30.9 Å². The van der Waals surface area contributed by atoms with Gasteiger partial charge in [0, 0.05) is 18.4 Å². The Labute approximate surface area is 186 Å². The zero-order chi connectivity index (χ0) is 23.7. The van der Waals surface area contributed by atoms with E-state index in [0.717, 1.165) is 17.4 Å². The number of nitrogens with zero attached hydrogens (tertiary/aromatic N) is 8. The first-order chi connectivity index (χ1) is 15.5. The van der Waals surface area contributed by atoms with Gasteiger partial charge in [-0.25, -0.2) is 19.5 Å². The van der Waals surface area contributed by atoms with E-state index in [1.165, 1.54) is 10.8 Å². The molecule has 5 aromatic rings. The largest absolute Gasteiger partial charge is 0.433 e. The highest BCUT2D eigenvalue weighted by atomic mass is 32.1. The van der Waals surface area contributed by atoms with Crippen LogP contribution in [0.3, 0.4) is 0 Å². The minimum Gasteiger partial charge on any atom is -0.262 e. The zero-order valence-electron chi connectivity index (χ0n) is 17.5. The molecule has 0 fully saturated rings. The molecule has 0 aliphatic heterocycles. The lowest BCUT2D eigenvalue weighted by Gasteiger charge is -2.06. The van der Waals surface area contributed by atoms with Crippen molar-refractivity contribution in [1.82, 2.24) is 34.3 Å². The average molecular weight is 476 g/mol. The molecule has 5 rings (SSSR count). The van der Waals surface area contributed by atoms with E-state index >= 15 is 0 Å². The molecule has 0 amide bonds. The van der Waals surface area contributed by atoms with Crippen LogP contribution in [0.1, 0.15) is 28.5 Å². The predicted molar refractivity (Wildman–Crippen MR) is 113 cm³/mol. The summed E-state index contributed by atoms with van der Waals surface area (Å²) in [5, 5.41) is 20.4. The molecule has 0 unspecified atom stereocenters. The smallest absolute Gasteiger partial charge is 0.262 e. The minimum atomic E-state index is -4.54. The second-order valence-electron chi connectivity index (χ2n) is 7.57. The number of fused-ring (bicyclic) bond motifs is 5. The topological polar surface area (TPSA) is 117 Å². The molecule has 0 saturated heterocycles. The van der Waals surface area contributed by atoms with Crippen LogP contribution in [0.5, 0.6) is 0 Å². The van der Waals surface area contributed by atoms with Gasteiger partial charge in [0.05, 0.1) is 10.4 Å². The fourth-order valence-electron chi connectivity index (χ4n) is 3.88. The molecule has 0 aliphatic rings. The van der Waals surface area contributed by atoms with Gasteiger partial charge in [-0.2, -0.15) is 18.3 Å². The van der Waals surface area contributed by atoms with Gasteiger partial charge in [0.15, 0.2) is 11.5 Å². The number of rotatable bonds is 4. The van der Waals surface area contributed by atoms with Crippen molar-refractivity contribution in [1.29, 1.82) is 0 Å². The molecule has 0 bridgehead atoms. The highest BCUT2D eigenvalue weighted by Crippen LogP contribution is 2.38. The number of nitro groups is 1. The zero-order valence-corrected chi connectivity index (χ0v) is 18.3. The van der Waals surface area contributed by atoms with Gasteiger partial charge >= 0.3 is 11.9 Å². The Hall–Kier alpha value is -3.68. The summed E-state index contributed by atoms with van der Waals surface area (Å²) in [4.78, 5) is 23.7. The summed E-state index contributed by atoms with van der Waals surface area (Å²) >= 11 is 1.08. The summed E-state index contributed by atoms with van der Waals surface area (Å²) in [5.74, 6) is 0.456. The van der Waals surface area contributed by atoms with Crippen LogP contribution in [-0.2, 0) is 19.1 Å². The molecule has 5 heterocycles. The van der Waals surface area contributed by atoms with Crippen LogP contribution in [0.15, 0.2) is 12.4 Å². The van der Waals surface area contributed by atoms with Crippen LogP contribution in [-0.4, -0.2) is 39.3 Å². The molecule has 14 heteroatoms. The molecule has 5 aromatic heterocycles. The van der Waals surface area contributed by atoms with E-state index in [-0.39, 0.29) is 10.5 Å². The fraction of sp³-hybridized carbons (Fsp3) is 0.316. The molecule has 0 atom stereocenters. The van der Waals surface area contributed by atoms with Crippen molar-refractivity contribution in [3.05, 3.63) is 51.0 Å². The van der Waals surface area contributed by atoms with Gasteiger partial charge < -0.3 is 0 Å². The van der Waals surface area contributed by atoms with Gasteiger partial charge in [-0.15, -0.1) is 16.4 Å². The molecule has 0 spiro atoms. The number of hydrogen-bond acceptors (Lipinski definition) is 8. The summed E-state index contributed by atoms with van der Waals surface area (Å²) in [6.07, 6.45) is -2.73. The second-order valence-corrected chi connectivity index (χ2v) is 8.57. The third kappa shape index (κ3) is 3.37. The highest BCUT2D eigenvalue weighted by molar-refractivity contribution is 7.26. The van der Waals surface area contributed by atoms with Crippen LogP contribution in [0.25, 0.3) is 26.1 Å². The van der Waals surface area contributed by atoms with Crippen molar-refractivity contribution in [3.63, 3.8) is 0 Å². The molecular formula is C19H15F3N8O2S. The molecule has 0 N–H and O–H groups in total. The van der Waals surface area contributed by atoms with Gasteiger partial charge in [-0.05, 0) is 32.4 Å². The molecule has 170 valence electrons. The molecule has 33 heavy (non-hydrogen) atoms. The number of alkyl halides is 3. The summed E-state index contributed by atoms with van der Waals surface area (Å²) in [6, 6.07) is 1.02. The Balaban J connectivity index is 1.55. The van der Waals surface area contributed by atoms with Crippen LogP contribution >= 0.6 is 11.3 Å². The maximum absolute atomic E-state index is 13.2. The molecular weight excluding hydrogens is 461 g/mol. The van der Waals surface area contributed by atoms with Crippen LogP contribution in [0.2, 0.25) is 0 Å². The highest BCUT2D eigenvalue weighted by Gasteiger charge is 2.33. The van der Waals surface area contributed by atoms with E-state index < -0.39 is 16.8 Å². The van der Waals surface area contributed by atoms with Crippen molar-refractivity contribution in [3.8, 4) is 0 Å². The molecule has 0 aliphatic carbocycles. The lowest BCUT2D eigenvalue weighted by atomic mass is 10.1. The first-order valence-electron chi connectivity index (χ1n) is 9.74. The average Bonchev–Trinajstić information content (AvgIpc) is 3.38. The van der Waals surface area contributed by atoms with Crippen molar-refractivity contribution in [2.45, 2.75) is 39.9 Å². The Morgan fingerprint density at radius 2 is 1.94 bits per heavy atom. The van der Waals surface area contributed by atoms with Crippen LogP contribution < -0.4 is 0 Å². The molecule has 10 nitrogen and oxygen atoms in total. The van der Waals surface area contributed by atoms with Gasteiger partial charge in [-0.1, -0.05) is 0 Å². The van der Waals surface area contributed by atoms with Gasteiger partial charge in [0.2, 0.25) is 0 Å². The van der Waals surface area contributed by atoms with E-state index in [2.05, 4.69) is 25.1 Å². The van der Waals surface area contributed by atoms with E-state index in [1.807, 2.05) is 0 Å². The lowest BCUT2D eigenvalue weighted by Crippen LogP contribution is -2.07. The number of pyridine rings is 1. The maximum atomic E-state index is 13.2. The maximum Gasteiger partial charge on any atom is 0.433 e. The number of aryl methyl sites for hydroxylation is 4. The first kappa shape index (κ1) is 21.2. The Bertz CT molecular complexity index is 1580. The quantitative estimate of drug-likeness (QED) is 0.282. The van der Waals surface area contributed by atoms with Crippen molar-refractivity contribution < 1.29 is 18.1 Å². The predicted octanol–water partition coefficient (Wildman–Crippen LogP) is 4.18. The SMILES string of the molecule is Cc1nn(CCc2nc3c4sc5nc(C(F)(F)F)cc(C)c5c4ncn3n2)c(C)c1[N+](=O)[O-]. The van der Waals surface area contributed by atoms with Crippen molar-refractivity contribution in [2.75, 3.05) is 0 Å². The monoisotopic (exact) mass is 476 g/mol. The van der Waals surface area contributed by atoms with Gasteiger partial charge in [0.25, 0.3) is 0 Å². The van der Waals surface area contributed by atoms with Gasteiger partial charge in [0.1, 0.15) is 32.9 Å². The van der Waals surface area contributed by atoms with Crippen LogP contribution in [0.4, 0.5) is 18.9 Å². The third-order valence-electron chi connectivity index (χ3n) is 5.37. The standard InChI is InChI=1S/C19H15F3N8O2S/c1-8-6-11(19(20,21)22)24-18-13(8)14-16(33-18)17-25-12(27-29(17)7-23-14)4-5-28-10(3)15(30(31)32)9(2)26-28/h6-7H,4-5H2,1-3H3. The summed E-state index contributed by atoms with van der Waals surface area (Å²) in [7, 11) is 0.